The van der Waals surface area contributed by atoms with Gasteiger partial charge >= 0.3 is 11.7 Å². The van der Waals surface area contributed by atoms with Gasteiger partial charge in [-0.2, -0.15) is 4.79 Å². The highest BCUT2D eigenvalue weighted by atomic mass is 16.5. The lowest BCUT2D eigenvalue weighted by Crippen LogP contribution is -2.71. The normalized spacial score (nSPS) is 22.9. The number of nitrogens with zero attached hydrogens (tertiary/aromatic N) is 2. The molecule has 0 aliphatic carbocycles. The fraction of sp³-hybridized carbons (Fsp3) is 0.538. The summed E-state index contributed by atoms with van der Waals surface area (Å²) in [6, 6.07) is 0. The highest BCUT2D eigenvalue weighted by molar-refractivity contribution is 6.62. The van der Waals surface area contributed by atoms with Gasteiger partial charge in [0, 0.05) is 0 Å². The maximum Gasteiger partial charge on any atom is 0.441 e. The quantitative estimate of drug-likeness (QED) is 0.121. The summed E-state index contributed by atoms with van der Waals surface area (Å²) in [5.41, 5.74) is 6.89. The number of β-lactam (4-membered cyclic amide) rings is 1. The number of ketones is 1. The van der Waals surface area contributed by atoms with Crippen molar-refractivity contribution >= 4 is 23.4 Å². The van der Waals surface area contributed by atoms with E-state index in [1.807, 2.05) is 0 Å². The van der Waals surface area contributed by atoms with Gasteiger partial charge in [0.05, 0.1) is 24.0 Å². The molecule has 1 saturated heterocycles. The van der Waals surface area contributed by atoms with Gasteiger partial charge < -0.3 is 20.7 Å². The fourth-order valence-corrected chi connectivity index (χ4v) is 2.21. The molecule has 0 spiro atoms. The Hall–Kier alpha value is -2.31. The van der Waals surface area contributed by atoms with E-state index in [-0.39, 0.29) is 18.9 Å². The number of Topliss-reactive ketones (excluding diaryl/α,β-unsaturated/α-hetero) is 1. The molecular formula is C13H17N3O5. The number of carbonyl (C=O) groups excluding carboxylic acids is 3. The zero-order valence-electron chi connectivity index (χ0n) is 11.8. The van der Waals surface area contributed by atoms with E-state index in [9.17, 15) is 19.5 Å². The predicted molar refractivity (Wildman–Crippen MR) is 71.1 cm³/mol. The van der Waals surface area contributed by atoms with Crippen LogP contribution >= 0.6 is 0 Å². The average molecular weight is 295 g/mol. The van der Waals surface area contributed by atoms with Crippen molar-refractivity contribution < 1.29 is 29.0 Å². The average Bonchev–Trinajstić information content (AvgIpc) is 2.40. The van der Waals surface area contributed by atoms with Gasteiger partial charge in [-0.1, -0.05) is 19.6 Å². The largest absolute Gasteiger partial charge is 0.453 e. The summed E-state index contributed by atoms with van der Waals surface area (Å²) in [5, 5.41) is 12.3. The van der Waals surface area contributed by atoms with E-state index in [0.29, 0.717) is 0 Å². The summed E-state index contributed by atoms with van der Waals surface area (Å²) in [5.74, 6) is -3.20. The van der Waals surface area contributed by atoms with Crippen LogP contribution in [0.25, 0.3) is 5.53 Å². The van der Waals surface area contributed by atoms with Gasteiger partial charge in [-0.05, 0) is 6.92 Å². The first-order valence-electron chi connectivity index (χ1n) is 6.33. The monoisotopic (exact) mass is 295 g/mol. The van der Waals surface area contributed by atoms with Crippen LogP contribution in [0.3, 0.4) is 0 Å². The lowest BCUT2D eigenvalue weighted by molar-refractivity contribution is -0.147. The van der Waals surface area contributed by atoms with Crippen molar-refractivity contribution in [1.82, 2.24) is 5.32 Å². The number of ether oxygens (including phenoxy) is 1. The molecule has 0 radical (unpaired) electrons. The Morgan fingerprint density at radius 2 is 2.19 bits per heavy atom. The number of rotatable bonds is 7. The Morgan fingerprint density at radius 1 is 1.62 bits per heavy atom. The molecule has 2 N–H and O–H groups in total. The molecule has 1 rings (SSSR count). The van der Waals surface area contributed by atoms with Crippen molar-refractivity contribution in [3.63, 3.8) is 0 Å². The Bertz CT molecular complexity index is 526. The summed E-state index contributed by atoms with van der Waals surface area (Å²) >= 11 is 0. The van der Waals surface area contributed by atoms with E-state index in [0.717, 1.165) is 0 Å². The van der Waals surface area contributed by atoms with Crippen molar-refractivity contribution in [2.24, 2.45) is 5.92 Å². The molecule has 0 unspecified atom stereocenters. The van der Waals surface area contributed by atoms with E-state index in [2.05, 4.69) is 21.4 Å². The van der Waals surface area contributed by atoms with Crippen LogP contribution in [0, 0.1) is 5.92 Å². The minimum absolute atomic E-state index is 0.0576. The lowest BCUT2D eigenvalue weighted by Gasteiger charge is -2.47. The van der Waals surface area contributed by atoms with E-state index in [1.165, 1.54) is 19.9 Å². The Kier molecular flexibility index (Phi) is 5.12. The standard InChI is InChI=1S/C13H17N3O5/c1-4-5-21-12(20)10(16-14)11(19)7(2)13(8(3)17)6-9(18)15-13/h4,7-8,17H,1,5-6H2,2-3H3,(H,15,18)/t7-,8+,13+/m0/s1. The van der Waals surface area contributed by atoms with E-state index in [1.54, 1.807) is 0 Å². The number of hydrogen-bond acceptors (Lipinski definition) is 5. The number of aliphatic hydroxyl groups excluding tert-OH is 1. The smallest absolute Gasteiger partial charge is 0.441 e. The summed E-state index contributed by atoms with van der Waals surface area (Å²) < 4.78 is 4.64. The highest BCUT2D eigenvalue weighted by Crippen LogP contribution is 2.33. The second-order valence-electron chi connectivity index (χ2n) is 4.86. The van der Waals surface area contributed by atoms with Crippen LogP contribution < -0.4 is 5.32 Å². The van der Waals surface area contributed by atoms with Gasteiger partial charge in [0.15, 0.2) is 0 Å². The van der Waals surface area contributed by atoms with Gasteiger partial charge in [-0.3, -0.25) is 9.59 Å². The number of carbonyl (C=O) groups is 3. The number of aliphatic hydroxyl groups is 1. The molecule has 1 amide bonds. The molecule has 0 aromatic heterocycles. The third kappa shape index (κ3) is 3.07. The van der Waals surface area contributed by atoms with Crippen molar-refractivity contribution in [3.05, 3.63) is 18.2 Å². The minimum atomic E-state index is -1.18. The molecule has 8 heteroatoms. The third-order valence-electron chi connectivity index (χ3n) is 3.60. The second kappa shape index (κ2) is 6.43. The highest BCUT2D eigenvalue weighted by Gasteiger charge is 2.55. The van der Waals surface area contributed by atoms with Crippen molar-refractivity contribution in [1.29, 1.82) is 0 Å². The SMILES string of the molecule is C=CCOC(=O)C(=[N+]=[N-])C(=O)[C@H](C)[C@@]1([C@@H](C)O)CC(=O)N1. The molecule has 1 fully saturated rings. The van der Waals surface area contributed by atoms with E-state index < -0.39 is 35.0 Å². The van der Waals surface area contributed by atoms with Crippen LogP contribution in [0.4, 0.5) is 0 Å². The molecule has 8 nitrogen and oxygen atoms in total. The van der Waals surface area contributed by atoms with Gasteiger partial charge in [-0.15, -0.1) is 0 Å². The molecule has 1 heterocycles. The van der Waals surface area contributed by atoms with Crippen molar-refractivity contribution in [2.45, 2.75) is 31.9 Å². The first-order valence-corrected chi connectivity index (χ1v) is 6.33. The summed E-state index contributed by atoms with van der Waals surface area (Å²) in [6.45, 7) is 6.06. The molecule has 0 aromatic rings. The Labute approximate surface area is 121 Å². The number of amides is 1. The zero-order chi connectivity index (χ0) is 16.2. The minimum Gasteiger partial charge on any atom is -0.453 e. The first-order chi connectivity index (χ1) is 9.80. The summed E-state index contributed by atoms with van der Waals surface area (Å²) in [6.07, 6.45) is 0.223. The first kappa shape index (κ1) is 16.7. The van der Waals surface area contributed by atoms with Crippen molar-refractivity contribution in [2.75, 3.05) is 6.61 Å². The molecule has 1 aliphatic heterocycles. The molecule has 3 atom stereocenters. The maximum absolute atomic E-state index is 12.2. The van der Waals surface area contributed by atoms with Gasteiger partial charge in [-0.25, -0.2) is 4.79 Å². The van der Waals surface area contributed by atoms with Crippen LogP contribution in [-0.2, 0) is 19.1 Å². The van der Waals surface area contributed by atoms with Crippen LogP contribution in [-0.4, -0.2) is 51.5 Å². The van der Waals surface area contributed by atoms with Gasteiger partial charge in [0.1, 0.15) is 6.61 Å². The van der Waals surface area contributed by atoms with Crippen LogP contribution in [0.15, 0.2) is 12.7 Å². The topological polar surface area (TPSA) is 129 Å². The molecule has 1 aliphatic rings. The number of hydrogen-bond donors (Lipinski definition) is 2. The predicted octanol–water partition coefficient (Wildman–Crippen LogP) is -0.769. The Morgan fingerprint density at radius 3 is 2.57 bits per heavy atom. The second-order valence-corrected chi connectivity index (χ2v) is 4.86. The van der Waals surface area contributed by atoms with Gasteiger partial charge in [0.25, 0.3) is 5.78 Å². The summed E-state index contributed by atoms with van der Waals surface area (Å²) in [4.78, 5) is 37.7. The number of nitrogens with one attached hydrogen (secondary N) is 1. The third-order valence-corrected chi connectivity index (χ3v) is 3.60. The van der Waals surface area contributed by atoms with E-state index in [4.69, 9.17) is 5.53 Å². The molecule has 114 valence electrons. The lowest BCUT2D eigenvalue weighted by atomic mass is 9.70. The molecule has 0 bridgehead atoms. The molecule has 0 aromatic carbocycles. The fourth-order valence-electron chi connectivity index (χ4n) is 2.21. The molecule has 0 saturated carbocycles. The number of esters is 1. The van der Waals surface area contributed by atoms with Gasteiger partial charge in [0.2, 0.25) is 5.91 Å². The van der Waals surface area contributed by atoms with Crippen LogP contribution in [0.2, 0.25) is 0 Å². The van der Waals surface area contributed by atoms with Crippen LogP contribution in [0.5, 0.6) is 0 Å². The molecule has 21 heavy (non-hydrogen) atoms. The maximum atomic E-state index is 12.2. The van der Waals surface area contributed by atoms with Crippen molar-refractivity contribution in [3.8, 4) is 0 Å². The van der Waals surface area contributed by atoms with Crippen LogP contribution in [0.1, 0.15) is 20.3 Å². The molecular weight excluding hydrogens is 278 g/mol. The Balaban J connectivity index is 2.95. The van der Waals surface area contributed by atoms with E-state index >= 15 is 0 Å². The summed E-state index contributed by atoms with van der Waals surface area (Å²) in [7, 11) is 0. The zero-order valence-corrected chi connectivity index (χ0v) is 11.8.